The number of ether oxygens (including phenoxy) is 4. The van der Waals surface area contributed by atoms with Crippen LogP contribution in [0.2, 0.25) is 0 Å². The van der Waals surface area contributed by atoms with E-state index in [0.717, 1.165) is 11.1 Å². The smallest absolute Gasteiger partial charge is 0.290 e. The zero-order valence-electron chi connectivity index (χ0n) is 22.3. The minimum Gasteiger partial charge on any atom is -0.503 e. The van der Waals surface area contributed by atoms with Crippen molar-refractivity contribution in [3.8, 4) is 23.0 Å². The number of rotatable bonds is 11. The summed E-state index contributed by atoms with van der Waals surface area (Å²) >= 11 is 0. The molecule has 0 unspecified atom stereocenters. The number of amides is 1. The second-order valence-corrected chi connectivity index (χ2v) is 8.82. The Morgan fingerprint density at radius 3 is 2.26 bits per heavy atom. The van der Waals surface area contributed by atoms with Gasteiger partial charge in [-0.15, -0.1) is 0 Å². The molecule has 8 heteroatoms. The SMILES string of the molecule is COc1ccc([C@@H]2C(C(=O)/C=C/c3ccccc3)=C(O)C(=O)N2CCc2ccc(OC)c(OC)c2)c(OC)c1. The van der Waals surface area contributed by atoms with Gasteiger partial charge in [-0.2, -0.15) is 0 Å². The van der Waals surface area contributed by atoms with Crippen molar-refractivity contribution < 1.29 is 33.6 Å². The van der Waals surface area contributed by atoms with Gasteiger partial charge in [0.15, 0.2) is 23.0 Å². The normalized spacial score (nSPS) is 15.1. The van der Waals surface area contributed by atoms with Crippen molar-refractivity contribution in [3.05, 3.63) is 101 Å². The molecule has 0 aliphatic carbocycles. The second kappa shape index (κ2) is 12.2. The highest BCUT2D eigenvalue weighted by atomic mass is 16.5. The molecule has 202 valence electrons. The van der Waals surface area contributed by atoms with Gasteiger partial charge in [0.2, 0.25) is 0 Å². The lowest BCUT2D eigenvalue weighted by atomic mass is 9.94. The predicted molar refractivity (Wildman–Crippen MR) is 147 cm³/mol. The van der Waals surface area contributed by atoms with Crippen molar-refractivity contribution in [3.63, 3.8) is 0 Å². The summed E-state index contributed by atoms with van der Waals surface area (Å²) in [6, 6.07) is 19.1. The largest absolute Gasteiger partial charge is 0.503 e. The second-order valence-electron chi connectivity index (χ2n) is 8.82. The quantitative estimate of drug-likeness (QED) is 0.352. The van der Waals surface area contributed by atoms with Crippen LogP contribution in [-0.2, 0) is 16.0 Å². The summed E-state index contributed by atoms with van der Waals surface area (Å²) in [4.78, 5) is 28.3. The van der Waals surface area contributed by atoms with Gasteiger partial charge in [-0.05, 0) is 47.9 Å². The zero-order valence-corrected chi connectivity index (χ0v) is 22.3. The van der Waals surface area contributed by atoms with Crippen LogP contribution < -0.4 is 18.9 Å². The van der Waals surface area contributed by atoms with E-state index in [9.17, 15) is 14.7 Å². The Kier molecular flexibility index (Phi) is 8.56. The van der Waals surface area contributed by atoms with E-state index in [4.69, 9.17) is 18.9 Å². The Morgan fingerprint density at radius 2 is 1.59 bits per heavy atom. The van der Waals surface area contributed by atoms with Crippen molar-refractivity contribution >= 4 is 17.8 Å². The third-order valence-corrected chi connectivity index (χ3v) is 6.62. The third-order valence-electron chi connectivity index (χ3n) is 6.62. The van der Waals surface area contributed by atoms with Crippen LogP contribution >= 0.6 is 0 Å². The number of methoxy groups -OCH3 is 4. The fourth-order valence-electron chi connectivity index (χ4n) is 4.62. The average molecular weight is 530 g/mol. The molecule has 1 atom stereocenters. The molecule has 0 radical (unpaired) electrons. The number of nitrogens with zero attached hydrogens (tertiary/aromatic N) is 1. The van der Waals surface area contributed by atoms with Crippen LogP contribution in [0.25, 0.3) is 6.08 Å². The highest BCUT2D eigenvalue weighted by Crippen LogP contribution is 2.43. The van der Waals surface area contributed by atoms with Gasteiger partial charge >= 0.3 is 0 Å². The molecule has 0 aromatic heterocycles. The summed E-state index contributed by atoms with van der Waals surface area (Å²) in [6.07, 6.45) is 3.46. The van der Waals surface area contributed by atoms with E-state index in [0.29, 0.717) is 35.0 Å². The number of allylic oxidation sites excluding steroid dienone is 1. The zero-order chi connectivity index (χ0) is 27.9. The maximum atomic E-state index is 13.5. The van der Waals surface area contributed by atoms with Gasteiger partial charge in [0.1, 0.15) is 11.5 Å². The van der Waals surface area contributed by atoms with Crippen LogP contribution in [0.3, 0.4) is 0 Å². The number of hydrogen-bond acceptors (Lipinski definition) is 7. The van der Waals surface area contributed by atoms with Crippen LogP contribution in [-0.4, -0.2) is 56.7 Å². The number of carbonyl (C=O) groups is 2. The molecule has 0 fully saturated rings. The van der Waals surface area contributed by atoms with Crippen molar-refractivity contribution in [1.82, 2.24) is 4.90 Å². The van der Waals surface area contributed by atoms with Crippen LogP contribution in [0.1, 0.15) is 22.7 Å². The van der Waals surface area contributed by atoms with E-state index in [-0.39, 0.29) is 12.1 Å². The molecule has 0 saturated heterocycles. The van der Waals surface area contributed by atoms with Crippen molar-refractivity contribution in [2.75, 3.05) is 35.0 Å². The van der Waals surface area contributed by atoms with Gasteiger partial charge < -0.3 is 29.0 Å². The molecular weight excluding hydrogens is 498 g/mol. The summed E-state index contributed by atoms with van der Waals surface area (Å²) in [5.41, 5.74) is 2.26. The van der Waals surface area contributed by atoms with Gasteiger partial charge in [0.05, 0.1) is 40.1 Å². The lowest BCUT2D eigenvalue weighted by Crippen LogP contribution is -2.33. The van der Waals surface area contributed by atoms with Crippen LogP contribution in [0, 0.1) is 0 Å². The fourth-order valence-corrected chi connectivity index (χ4v) is 4.62. The summed E-state index contributed by atoms with van der Waals surface area (Å²) in [6.45, 7) is 0.220. The Hall–Kier alpha value is -4.72. The molecule has 1 N–H and O–H groups in total. The number of ketones is 1. The third kappa shape index (κ3) is 5.75. The number of aliphatic hydroxyl groups excluding tert-OH is 1. The molecule has 0 bridgehead atoms. The van der Waals surface area contributed by atoms with Crippen LogP contribution in [0.15, 0.2) is 84.1 Å². The van der Waals surface area contributed by atoms with Gasteiger partial charge in [-0.25, -0.2) is 0 Å². The number of carbonyl (C=O) groups excluding carboxylic acids is 2. The minimum absolute atomic E-state index is 0.0111. The molecule has 4 rings (SSSR count). The topological polar surface area (TPSA) is 94.5 Å². The Balaban J connectivity index is 1.71. The van der Waals surface area contributed by atoms with E-state index in [2.05, 4.69) is 0 Å². The fraction of sp³-hybridized carbons (Fsp3) is 0.226. The first-order valence-electron chi connectivity index (χ1n) is 12.4. The summed E-state index contributed by atoms with van der Waals surface area (Å²) in [7, 11) is 6.16. The molecule has 1 amide bonds. The van der Waals surface area contributed by atoms with E-state index in [1.165, 1.54) is 25.2 Å². The number of benzene rings is 3. The van der Waals surface area contributed by atoms with Gasteiger partial charge in [-0.1, -0.05) is 42.5 Å². The molecule has 1 aliphatic rings. The van der Waals surface area contributed by atoms with Crippen LogP contribution in [0.4, 0.5) is 0 Å². The van der Waals surface area contributed by atoms with Gasteiger partial charge in [-0.3, -0.25) is 9.59 Å². The van der Waals surface area contributed by atoms with E-state index in [1.807, 2.05) is 42.5 Å². The molecule has 0 spiro atoms. The molecule has 39 heavy (non-hydrogen) atoms. The highest BCUT2D eigenvalue weighted by molar-refractivity contribution is 6.14. The minimum atomic E-state index is -0.869. The summed E-state index contributed by atoms with van der Waals surface area (Å²) in [5.74, 6) is 0.469. The van der Waals surface area contributed by atoms with E-state index in [1.54, 1.807) is 44.6 Å². The van der Waals surface area contributed by atoms with E-state index >= 15 is 0 Å². The Morgan fingerprint density at radius 1 is 0.872 bits per heavy atom. The molecular formula is C31H31NO7. The van der Waals surface area contributed by atoms with Gasteiger partial charge in [0.25, 0.3) is 5.91 Å². The molecule has 3 aromatic rings. The maximum Gasteiger partial charge on any atom is 0.290 e. The monoisotopic (exact) mass is 529 g/mol. The number of hydrogen-bond donors (Lipinski definition) is 1. The molecule has 1 heterocycles. The van der Waals surface area contributed by atoms with Crippen LogP contribution in [0.5, 0.6) is 23.0 Å². The Labute approximate surface area is 227 Å². The first-order valence-corrected chi connectivity index (χ1v) is 12.4. The van der Waals surface area contributed by atoms with Crippen molar-refractivity contribution in [1.29, 1.82) is 0 Å². The molecule has 1 aliphatic heterocycles. The molecule has 3 aromatic carbocycles. The maximum absolute atomic E-state index is 13.5. The summed E-state index contributed by atoms with van der Waals surface area (Å²) < 4.78 is 21.7. The molecule has 8 nitrogen and oxygen atoms in total. The lowest BCUT2D eigenvalue weighted by Gasteiger charge is -2.28. The standard InChI is InChI=1S/C31H31NO7/c1-36-22-12-13-23(26(19-22)38-3)29-28(24(33)14-10-20-8-6-5-7-9-20)30(34)31(35)32(29)17-16-21-11-15-25(37-2)27(18-21)39-4/h5-15,18-19,29,34H,16-17H2,1-4H3/b14-10+/t29-/m1/s1. The van der Waals surface area contributed by atoms with E-state index < -0.39 is 23.5 Å². The molecule has 0 saturated carbocycles. The first-order chi connectivity index (χ1) is 18.9. The van der Waals surface area contributed by atoms with Crippen molar-refractivity contribution in [2.45, 2.75) is 12.5 Å². The summed E-state index contributed by atoms with van der Waals surface area (Å²) in [5, 5.41) is 11.0. The Bertz CT molecular complexity index is 1410. The van der Waals surface area contributed by atoms with Gasteiger partial charge in [0, 0.05) is 18.2 Å². The van der Waals surface area contributed by atoms with Crippen molar-refractivity contribution in [2.24, 2.45) is 0 Å². The average Bonchev–Trinajstić information content (AvgIpc) is 3.23. The first kappa shape index (κ1) is 27.3. The predicted octanol–water partition coefficient (Wildman–Crippen LogP) is 4.94. The highest BCUT2D eigenvalue weighted by Gasteiger charge is 2.43. The number of aliphatic hydroxyl groups is 1. The lowest BCUT2D eigenvalue weighted by molar-refractivity contribution is -0.129.